The fraction of sp³-hybridized carbons (Fsp3) is 0.316. The van der Waals surface area contributed by atoms with E-state index in [4.69, 9.17) is 0 Å². The molecular weight excluding hydrogens is 316 g/mol. The Morgan fingerprint density at radius 3 is 2.68 bits per heavy atom. The first kappa shape index (κ1) is 17.0. The third-order valence-electron chi connectivity index (χ3n) is 4.24. The zero-order valence-electron chi connectivity index (χ0n) is 14.2. The zero-order chi connectivity index (χ0) is 17.6. The summed E-state index contributed by atoms with van der Waals surface area (Å²) in [7, 11) is 0. The van der Waals surface area contributed by atoms with Gasteiger partial charge in [-0.2, -0.15) is 0 Å². The number of unbranched alkanes of at least 4 members (excludes halogenated alkanes) is 2. The average Bonchev–Trinajstić information content (AvgIpc) is 3.12. The SMILES string of the molecule is CCCCCC(c1cn(-c2ccccc2)nn1)n1cccc(O)c1=O. The molecule has 1 atom stereocenters. The van der Waals surface area contributed by atoms with E-state index in [1.165, 1.54) is 6.07 Å². The predicted octanol–water partition coefficient (Wildman–Crippen LogP) is 3.30. The molecule has 0 aliphatic rings. The van der Waals surface area contributed by atoms with E-state index in [0.717, 1.165) is 31.4 Å². The second kappa shape index (κ2) is 7.79. The number of hydrogen-bond acceptors (Lipinski definition) is 4. The van der Waals surface area contributed by atoms with E-state index in [0.29, 0.717) is 5.69 Å². The number of nitrogens with zero attached hydrogens (tertiary/aromatic N) is 4. The van der Waals surface area contributed by atoms with Gasteiger partial charge in [-0.15, -0.1) is 5.10 Å². The van der Waals surface area contributed by atoms with E-state index in [-0.39, 0.29) is 11.8 Å². The summed E-state index contributed by atoms with van der Waals surface area (Å²) in [5.74, 6) is -0.251. The number of aromatic nitrogens is 4. The van der Waals surface area contributed by atoms with Crippen LogP contribution in [-0.4, -0.2) is 24.7 Å². The standard InChI is InChI=1S/C19H22N4O2/c1-2-3-5-11-17(22-13-8-12-18(24)19(22)25)16-14-23(21-20-16)15-9-6-4-7-10-15/h4,6-10,12-14,17,24H,2-3,5,11H2,1H3. The van der Waals surface area contributed by atoms with Gasteiger partial charge in [0.15, 0.2) is 5.75 Å². The van der Waals surface area contributed by atoms with E-state index < -0.39 is 5.56 Å². The fourth-order valence-corrected chi connectivity index (χ4v) is 2.90. The molecule has 3 rings (SSSR count). The highest BCUT2D eigenvalue weighted by Gasteiger charge is 2.19. The minimum atomic E-state index is -0.404. The van der Waals surface area contributed by atoms with Crippen molar-refractivity contribution in [3.05, 3.63) is 70.9 Å². The smallest absolute Gasteiger partial charge is 0.293 e. The maximum absolute atomic E-state index is 12.4. The van der Waals surface area contributed by atoms with Crippen molar-refractivity contribution >= 4 is 0 Å². The van der Waals surface area contributed by atoms with Crippen molar-refractivity contribution in [3.8, 4) is 11.4 Å². The van der Waals surface area contributed by atoms with Crippen LogP contribution in [0.5, 0.6) is 5.75 Å². The minimum absolute atomic E-state index is 0.247. The van der Waals surface area contributed by atoms with Crippen molar-refractivity contribution in [2.45, 2.75) is 38.6 Å². The third kappa shape index (κ3) is 3.79. The second-order valence-electron chi connectivity index (χ2n) is 6.04. The summed E-state index contributed by atoms with van der Waals surface area (Å²) in [5, 5.41) is 18.3. The summed E-state index contributed by atoms with van der Waals surface area (Å²) in [4.78, 5) is 12.4. The lowest BCUT2D eigenvalue weighted by molar-refractivity contribution is 0.434. The molecule has 0 aliphatic carbocycles. The Morgan fingerprint density at radius 1 is 1.12 bits per heavy atom. The van der Waals surface area contributed by atoms with Gasteiger partial charge in [0.05, 0.1) is 17.9 Å². The Kier molecular flexibility index (Phi) is 5.28. The first-order valence-corrected chi connectivity index (χ1v) is 8.58. The molecule has 0 spiro atoms. The Labute approximate surface area is 146 Å². The lowest BCUT2D eigenvalue weighted by Crippen LogP contribution is -2.25. The first-order chi connectivity index (χ1) is 12.2. The zero-order valence-corrected chi connectivity index (χ0v) is 14.2. The summed E-state index contributed by atoms with van der Waals surface area (Å²) >= 11 is 0. The van der Waals surface area contributed by atoms with Crippen LogP contribution in [0.4, 0.5) is 0 Å². The molecule has 0 aliphatic heterocycles. The van der Waals surface area contributed by atoms with Gasteiger partial charge in [0.2, 0.25) is 0 Å². The van der Waals surface area contributed by atoms with Crippen LogP contribution in [0, 0.1) is 0 Å². The van der Waals surface area contributed by atoms with Crippen LogP contribution in [0.25, 0.3) is 5.69 Å². The van der Waals surface area contributed by atoms with Gasteiger partial charge < -0.3 is 9.67 Å². The van der Waals surface area contributed by atoms with Crippen molar-refractivity contribution < 1.29 is 5.11 Å². The molecule has 1 unspecified atom stereocenters. The monoisotopic (exact) mass is 338 g/mol. The quantitative estimate of drug-likeness (QED) is 0.671. The molecule has 3 aromatic rings. The van der Waals surface area contributed by atoms with Crippen molar-refractivity contribution in [1.82, 2.24) is 19.6 Å². The van der Waals surface area contributed by atoms with Gasteiger partial charge in [-0.25, -0.2) is 4.68 Å². The van der Waals surface area contributed by atoms with Gasteiger partial charge in [-0.05, 0) is 30.7 Å². The van der Waals surface area contributed by atoms with Crippen LogP contribution in [0.15, 0.2) is 59.7 Å². The van der Waals surface area contributed by atoms with Crippen molar-refractivity contribution in [1.29, 1.82) is 0 Å². The Morgan fingerprint density at radius 2 is 1.92 bits per heavy atom. The highest BCUT2D eigenvalue weighted by molar-refractivity contribution is 5.30. The maximum Gasteiger partial charge on any atom is 0.293 e. The number of hydrogen-bond donors (Lipinski definition) is 1. The summed E-state index contributed by atoms with van der Waals surface area (Å²) in [6.07, 6.45) is 7.46. The number of rotatable bonds is 7. The van der Waals surface area contributed by atoms with E-state index in [1.807, 2.05) is 36.5 Å². The molecule has 130 valence electrons. The van der Waals surface area contributed by atoms with Gasteiger partial charge >= 0.3 is 0 Å². The number of pyridine rings is 1. The summed E-state index contributed by atoms with van der Waals surface area (Å²) in [5.41, 5.74) is 1.22. The summed E-state index contributed by atoms with van der Waals surface area (Å²) in [6, 6.07) is 12.6. The van der Waals surface area contributed by atoms with E-state index in [9.17, 15) is 9.90 Å². The molecule has 0 bridgehead atoms. The third-order valence-corrected chi connectivity index (χ3v) is 4.24. The lowest BCUT2D eigenvalue weighted by atomic mass is 10.1. The Balaban J connectivity index is 1.96. The summed E-state index contributed by atoms with van der Waals surface area (Å²) < 4.78 is 3.25. The van der Waals surface area contributed by atoms with Crippen LogP contribution in [0.3, 0.4) is 0 Å². The molecule has 0 saturated carbocycles. The highest BCUT2D eigenvalue weighted by atomic mass is 16.3. The van der Waals surface area contributed by atoms with Gasteiger partial charge in [0.25, 0.3) is 5.56 Å². The average molecular weight is 338 g/mol. The van der Waals surface area contributed by atoms with E-state index in [1.54, 1.807) is 21.5 Å². The summed E-state index contributed by atoms with van der Waals surface area (Å²) in [6.45, 7) is 2.14. The Bertz CT molecular complexity index is 870. The van der Waals surface area contributed by atoms with Crippen LogP contribution >= 0.6 is 0 Å². The van der Waals surface area contributed by atoms with Crippen LogP contribution in [-0.2, 0) is 0 Å². The van der Waals surface area contributed by atoms with E-state index >= 15 is 0 Å². The molecule has 0 saturated heterocycles. The molecule has 2 heterocycles. The second-order valence-corrected chi connectivity index (χ2v) is 6.04. The minimum Gasteiger partial charge on any atom is -0.503 e. The fourth-order valence-electron chi connectivity index (χ4n) is 2.90. The molecule has 2 aromatic heterocycles. The maximum atomic E-state index is 12.4. The molecule has 0 amide bonds. The van der Waals surface area contributed by atoms with E-state index in [2.05, 4.69) is 17.2 Å². The molecule has 1 N–H and O–H groups in total. The number of benzene rings is 1. The molecule has 6 heteroatoms. The number of para-hydroxylation sites is 1. The van der Waals surface area contributed by atoms with Gasteiger partial charge in [0.1, 0.15) is 5.69 Å². The lowest BCUT2D eigenvalue weighted by Gasteiger charge is -2.17. The predicted molar refractivity (Wildman–Crippen MR) is 96.0 cm³/mol. The van der Waals surface area contributed by atoms with Crippen molar-refractivity contribution in [3.63, 3.8) is 0 Å². The molecule has 25 heavy (non-hydrogen) atoms. The normalized spacial score (nSPS) is 12.2. The molecule has 6 nitrogen and oxygen atoms in total. The van der Waals surface area contributed by atoms with Gasteiger partial charge in [0, 0.05) is 6.20 Å². The van der Waals surface area contributed by atoms with Gasteiger partial charge in [-0.1, -0.05) is 49.6 Å². The molecular formula is C19H22N4O2. The topological polar surface area (TPSA) is 72.9 Å². The molecule has 0 radical (unpaired) electrons. The Hall–Kier alpha value is -2.89. The van der Waals surface area contributed by atoms with Crippen molar-refractivity contribution in [2.24, 2.45) is 0 Å². The van der Waals surface area contributed by atoms with Gasteiger partial charge in [-0.3, -0.25) is 4.79 Å². The van der Waals surface area contributed by atoms with Crippen LogP contribution < -0.4 is 5.56 Å². The molecule has 1 aromatic carbocycles. The van der Waals surface area contributed by atoms with Crippen molar-refractivity contribution in [2.75, 3.05) is 0 Å². The molecule has 0 fully saturated rings. The first-order valence-electron chi connectivity index (χ1n) is 8.58. The van der Waals surface area contributed by atoms with Crippen LogP contribution in [0.2, 0.25) is 0 Å². The number of aromatic hydroxyl groups is 1. The van der Waals surface area contributed by atoms with Crippen LogP contribution in [0.1, 0.15) is 44.3 Å². The highest BCUT2D eigenvalue weighted by Crippen LogP contribution is 2.23. The largest absolute Gasteiger partial charge is 0.503 e.